The molecule has 0 saturated carbocycles. The van der Waals surface area contributed by atoms with E-state index in [1.165, 1.54) is 4.40 Å². The van der Waals surface area contributed by atoms with Crippen LogP contribution in [0, 0.1) is 12.7 Å². The average molecular weight is 442 g/mol. The van der Waals surface area contributed by atoms with Gasteiger partial charge in [0.05, 0.1) is 17.2 Å². The summed E-state index contributed by atoms with van der Waals surface area (Å²) in [6.45, 7) is 5.79. The van der Waals surface area contributed by atoms with Crippen molar-refractivity contribution >= 4 is 28.6 Å². The number of rotatable bonds is 7. The minimum atomic E-state index is -4.78. The third-order valence-electron chi connectivity index (χ3n) is 4.37. The fourth-order valence-corrected chi connectivity index (χ4v) is 3.08. The van der Waals surface area contributed by atoms with Crippen LogP contribution in [0.1, 0.15) is 38.1 Å². The molecule has 1 amide bonds. The number of amides is 1. The number of carbonyl (C=O) groups excluding carboxylic acids is 1. The molecule has 3 aromatic rings. The van der Waals surface area contributed by atoms with Crippen LogP contribution in [0.4, 0.5) is 28.2 Å². The minimum absolute atomic E-state index is 0.0664. The summed E-state index contributed by atoms with van der Waals surface area (Å²) in [4.78, 5) is 15.5. The second-order valence-electron chi connectivity index (χ2n) is 7.20. The van der Waals surface area contributed by atoms with Gasteiger partial charge in [0, 0.05) is 19.2 Å². The lowest BCUT2D eigenvalue weighted by Gasteiger charge is -2.14. The molecule has 0 fully saturated rings. The number of halogens is 4. The fraction of sp³-hybridized carbons (Fsp3) is 0.474. The Kier molecular flexibility index (Phi) is 6.46. The van der Waals surface area contributed by atoms with Gasteiger partial charge in [0.2, 0.25) is 5.65 Å². The van der Waals surface area contributed by atoms with Gasteiger partial charge in [-0.15, -0.1) is 10.2 Å². The predicted octanol–water partition coefficient (Wildman–Crippen LogP) is 4.07. The van der Waals surface area contributed by atoms with Crippen LogP contribution >= 0.6 is 0 Å². The second kappa shape index (κ2) is 8.90. The van der Waals surface area contributed by atoms with Crippen LogP contribution in [0.25, 0.3) is 16.7 Å². The number of alkyl halides is 3. The zero-order valence-corrected chi connectivity index (χ0v) is 17.2. The highest BCUT2D eigenvalue weighted by Gasteiger charge is 2.35. The molecule has 0 unspecified atom stereocenters. The minimum Gasteiger partial charge on any atom is -0.447 e. The normalized spacial score (nSPS) is 12.0. The first-order valence-electron chi connectivity index (χ1n) is 9.68. The molecule has 0 atom stereocenters. The van der Waals surface area contributed by atoms with Crippen molar-refractivity contribution in [3.05, 3.63) is 29.3 Å². The van der Waals surface area contributed by atoms with E-state index in [2.05, 4.69) is 25.8 Å². The molecule has 0 radical (unpaired) electrons. The van der Waals surface area contributed by atoms with Crippen molar-refractivity contribution in [2.45, 2.75) is 45.9 Å². The lowest BCUT2D eigenvalue weighted by atomic mass is 10.1. The Balaban J connectivity index is 1.79. The van der Waals surface area contributed by atoms with Crippen LogP contribution in [-0.4, -0.2) is 44.9 Å². The number of hydrogen-bond acceptors (Lipinski definition) is 6. The molecular formula is C19H22F4N6O2. The van der Waals surface area contributed by atoms with Gasteiger partial charge in [-0.05, 0) is 39.7 Å². The van der Waals surface area contributed by atoms with Crippen LogP contribution in [0.15, 0.2) is 12.1 Å². The van der Waals surface area contributed by atoms with Gasteiger partial charge in [-0.2, -0.15) is 13.2 Å². The Morgan fingerprint density at radius 3 is 2.58 bits per heavy atom. The molecule has 8 nitrogen and oxygen atoms in total. The Bertz CT molecular complexity index is 1100. The van der Waals surface area contributed by atoms with Crippen molar-refractivity contribution < 1.29 is 27.1 Å². The summed E-state index contributed by atoms with van der Waals surface area (Å²) < 4.78 is 60.6. The van der Waals surface area contributed by atoms with Crippen LogP contribution in [-0.2, 0) is 10.9 Å². The maximum absolute atomic E-state index is 13.9. The molecule has 31 heavy (non-hydrogen) atoms. The number of nitrogens with one attached hydrogen (secondary N) is 2. The van der Waals surface area contributed by atoms with Gasteiger partial charge in [0.1, 0.15) is 17.2 Å². The summed E-state index contributed by atoms with van der Waals surface area (Å²) in [5, 5.41) is 13.4. The lowest BCUT2D eigenvalue weighted by molar-refractivity contribution is -0.136. The molecule has 1 aromatic carbocycles. The first-order chi connectivity index (χ1) is 14.6. The third-order valence-corrected chi connectivity index (χ3v) is 4.37. The first kappa shape index (κ1) is 22.5. The summed E-state index contributed by atoms with van der Waals surface area (Å²) in [6, 6.07) is 1.40. The van der Waals surface area contributed by atoms with E-state index in [9.17, 15) is 22.4 Å². The second-order valence-corrected chi connectivity index (χ2v) is 7.20. The summed E-state index contributed by atoms with van der Waals surface area (Å²) in [5.74, 6) is -0.616. The Morgan fingerprint density at radius 2 is 1.90 bits per heavy atom. The van der Waals surface area contributed by atoms with Crippen LogP contribution in [0.3, 0.4) is 0 Å². The fourth-order valence-electron chi connectivity index (χ4n) is 3.08. The molecule has 0 bridgehead atoms. The van der Waals surface area contributed by atoms with E-state index < -0.39 is 29.2 Å². The van der Waals surface area contributed by atoms with E-state index in [4.69, 9.17) is 4.74 Å². The number of anilines is 1. The number of aromatic nitrogens is 4. The summed E-state index contributed by atoms with van der Waals surface area (Å²) >= 11 is 0. The summed E-state index contributed by atoms with van der Waals surface area (Å²) in [7, 11) is 0. The molecule has 0 saturated heterocycles. The van der Waals surface area contributed by atoms with E-state index in [0.717, 1.165) is 6.07 Å². The highest BCUT2D eigenvalue weighted by molar-refractivity contribution is 5.86. The van der Waals surface area contributed by atoms with Crippen molar-refractivity contribution in [3.8, 4) is 0 Å². The van der Waals surface area contributed by atoms with Gasteiger partial charge in [-0.3, -0.25) is 4.40 Å². The van der Waals surface area contributed by atoms with Crippen LogP contribution in [0.2, 0.25) is 0 Å². The van der Waals surface area contributed by atoms with E-state index in [-0.39, 0.29) is 23.1 Å². The number of fused-ring (bicyclic) bond motifs is 3. The monoisotopic (exact) mass is 442 g/mol. The molecule has 168 valence electrons. The molecule has 2 aromatic heterocycles. The number of hydrogen-bond donors (Lipinski definition) is 2. The van der Waals surface area contributed by atoms with Crippen molar-refractivity contribution in [1.29, 1.82) is 0 Å². The molecule has 12 heteroatoms. The van der Waals surface area contributed by atoms with Crippen LogP contribution < -0.4 is 10.6 Å². The standard InChI is InChI=1S/C19H22F4N6O2/c1-10(2)31-18(30)25-7-5-4-6-24-16-17-28-27-11(3)29(17)14-9-12(20)8-13(15(14)26-16)19(21,22)23/h8-10H,4-7H2,1-3H3,(H,24,26)(H,25,30). The van der Waals surface area contributed by atoms with Gasteiger partial charge in [0.25, 0.3) is 0 Å². The van der Waals surface area contributed by atoms with E-state index >= 15 is 0 Å². The van der Waals surface area contributed by atoms with Crippen LogP contribution in [0.5, 0.6) is 0 Å². The van der Waals surface area contributed by atoms with E-state index in [1.807, 2.05) is 0 Å². The number of aryl methyl sites for hydroxylation is 1. The van der Waals surface area contributed by atoms with Gasteiger partial charge >= 0.3 is 12.3 Å². The topological polar surface area (TPSA) is 93.4 Å². The number of alkyl carbamates (subject to hydrolysis) is 1. The SMILES string of the molecule is Cc1nnc2c(NCCCCNC(=O)OC(C)C)nc3c(C(F)(F)F)cc(F)cc3n12. The number of carbonyl (C=O) groups is 1. The molecular weight excluding hydrogens is 420 g/mol. The van der Waals surface area contributed by atoms with Crippen molar-refractivity contribution in [1.82, 2.24) is 24.9 Å². The summed E-state index contributed by atoms with van der Waals surface area (Å²) in [6.07, 6.45) is -4.31. The Labute approximate surface area is 175 Å². The highest BCUT2D eigenvalue weighted by Crippen LogP contribution is 2.36. The highest BCUT2D eigenvalue weighted by atomic mass is 19.4. The van der Waals surface area contributed by atoms with E-state index in [0.29, 0.717) is 37.8 Å². The maximum Gasteiger partial charge on any atom is 0.418 e. The maximum atomic E-state index is 13.9. The molecule has 2 heterocycles. The number of nitrogens with zero attached hydrogens (tertiary/aromatic N) is 4. The molecule has 0 spiro atoms. The summed E-state index contributed by atoms with van der Waals surface area (Å²) in [5.41, 5.74) is -1.44. The Hall–Kier alpha value is -3.18. The van der Waals surface area contributed by atoms with Crippen molar-refractivity contribution in [2.24, 2.45) is 0 Å². The average Bonchev–Trinajstić information content (AvgIpc) is 3.05. The van der Waals surface area contributed by atoms with Gasteiger partial charge < -0.3 is 15.4 Å². The molecule has 0 aliphatic rings. The molecule has 0 aliphatic carbocycles. The zero-order chi connectivity index (χ0) is 22.8. The zero-order valence-electron chi connectivity index (χ0n) is 17.2. The molecule has 3 rings (SSSR count). The Morgan fingerprint density at radius 1 is 1.19 bits per heavy atom. The first-order valence-corrected chi connectivity index (χ1v) is 9.68. The van der Waals surface area contributed by atoms with Gasteiger partial charge in [-0.1, -0.05) is 0 Å². The van der Waals surface area contributed by atoms with Gasteiger partial charge in [0.15, 0.2) is 5.82 Å². The lowest BCUT2D eigenvalue weighted by Crippen LogP contribution is -2.27. The van der Waals surface area contributed by atoms with Gasteiger partial charge in [-0.25, -0.2) is 14.2 Å². The molecule has 2 N–H and O–H groups in total. The molecule has 0 aliphatic heterocycles. The van der Waals surface area contributed by atoms with Crippen molar-refractivity contribution in [2.75, 3.05) is 18.4 Å². The van der Waals surface area contributed by atoms with E-state index in [1.54, 1.807) is 20.8 Å². The quantitative estimate of drug-likeness (QED) is 0.423. The predicted molar refractivity (Wildman–Crippen MR) is 105 cm³/mol. The smallest absolute Gasteiger partial charge is 0.418 e. The largest absolute Gasteiger partial charge is 0.447 e. The number of ether oxygens (including phenoxy) is 1. The number of unbranched alkanes of at least 4 members (excludes halogenated alkanes) is 1. The third kappa shape index (κ3) is 5.12. The van der Waals surface area contributed by atoms with Crippen molar-refractivity contribution in [3.63, 3.8) is 0 Å². The number of benzene rings is 1.